The van der Waals surface area contributed by atoms with Crippen LogP contribution in [0.2, 0.25) is 0 Å². The molecular weight excluding hydrogens is 608 g/mol. The number of aliphatic carboxylic acids is 1. The molecule has 5 fully saturated rings. The van der Waals surface area contributed by atoms with Gasteiger partial charge in [0.1, 0.15) is 24.4 Å². The van der Waals surface area contributed by atoms with Crippen LogP contribution in [-0.4, -0.2) is 110 Å². The van der Waals surface area contributed by atoms with Gasteiger partial charge in [0, 0.05) is 5.41 Å². The Labute approximate surface area is 278 Å². The number of fused-ring (bicyclic) bond motifs is 7. The number of carbonyl (C=O) groups is 1. The molecule has 8 N–H and O–H groups in total. The number of hydrogen-bond acceptors (Lipinski definition) is 10. The molecule has 1 saturated heterocycles. The van der Waals surface area contributed by atoms with Gasteiger partial charge in [-0.25, -0.2) is 0 Å². The number of hydrogen-bond donors (Lipinski definition) is 8. The summed E-state index contributed by atoms with van der Waals surface area (Å²) < 4.78 is 11.7. The lowest BCUT2D eigenvalue weighted by Gasteiger charge is -2.71. The fourth-order valence-electron chi connectivity index (χ4n) is 12.3. The highest BCUT2D eigenvalue weighted by atomic mass is 16.7. The topological polar surface area (TPSA) is 197 Å². The summed E-state index contributed by atoms with van der Waals surface area (Å²) in [6, 6.07) is 0. The molecule has 4 saturated carbocycles. The van der Waals surface area contributed by atoms with Crippen LogP contribution in [0.5, 0.6) is 0 Å². The molecule has 0 bridgehead atoms. The molecule has 1 heterocycles. The Morgan fingerprint density at radius 2 is 1.57 bits per heavy atom. The van der Waals surface area contributed by atoms with Gasteiger partial charge in [-0.2, -0.15) is 0 Å². The highest BCUT2D eigenvalue weighted by Crippen LogP contribution is 2.75. The molecule has 0 unspecified atom stereocenters. The molecule has 0 aromatic rings. The highest BCUT2D eigenvalue weighted by molar-refractivity contribution is 5.76. The lowest BCUT2D eigenvalue weighted by Crippen LogP contribution is -2.68. The first-order valence-corrected chi connectivity index (χ1v) is 17.7. The second kappa shape index (κ2) is 11.7. The average Bonchev–Trinajstić information content (AvgIpc) is 3.02. The van der Waals surface area contributed by atoms with Crippen molar-refractivity contribution in [2.75, 3.05) is 19.8 Å². The normalized spacial score (nSPS) is 56.0. The Hall–Kier alpha value is -1.15. The number of allylic oxidation sites excluding steroid dienone is 2. The monoisotopic (exact) mass is 666 g/mol. The van der Waals surface area contributed by atoms with E-state index in [4.69, 9.17) is 9.47 Å². The van der Waals surface area contributed by atoms with E-state index in [1.165, 1.54) is 5.57 Å². The van der Waals surface area contributed by atoms with Gasteiger partial charge in [-0.05, 0) is 97.2 Å². The quantitative estimate of drug-likeness (QED) is 0.193. The van der Waals surface area contributed by atoms with E-state index in [9.17, 15) is 45.6 Å². The molecule has 0 amide bonds. The second-order valence-corrected chi connectivity index (χ2v) is 17.7. The molecule has 0 spiro atoms. The standard InChI is InChI=1S/C36H58O11/c1-31(18-46-29-27(42)26(41)25(40)22(16-37)47-29)10-12-36(30(44)45)13-11-34(4)19(20(36)14-31)6-7-24-32(2)15-21(39)28(43)33(3,17-38)23(32)8-9-35(24,34)5/h6,20-29,37-43H,7-18H2,1-5H3,(H,44,45)/t20-,21-,22-,23+,24-,25-,26+,27-,28+,29-,31-,32+,33+,34-,35-,36+/m1/s1. The first-order valence-electron chi connectivity index (χ1n) is 17.7. The van der Waals surface area contributed by atoms with E-state index in [1.54, 1.807) is 0 Å². The van der Waals surface area contributed by atoms with Crippen LogP contribution in [0.25, 0.3) is 0 Å². The van der Waals surface area contributed by atoms with Gasteiger partial charge in [0.05, 0.1) is 37.4 Å². The summed E-state index contributed by atoms with van der Waals surface area (Å²) in [5.41, 5.74) is -1.78. The van der Waals surface area contributed by atoms with E-state index in [0.29, 0.717) is 32.1 Å². The lowest BCUT2D eigenvalue weighted by molar-refractivity contribution is -0.307. The molecule has 16 atom stereocenters. The molecule has 47 heavy (non-hydrogen) atoms. The fourth-order valence-corrected chi connectivity index (χ4v) is 12.3. The first-order chi connectivity index (χ1) is 21.9. The van der Waals surface area contributed by atoms with Crippen LogP contribution < -0.4 is 0 Å². The summed E-state index contributed by atoms with van der Waals surface area (Å²) in [5.74, 6) is -0.791. The smallest absolute Gasteiger partial charge is 0.310 e. The molecule has 0 aromatic carbocycles. The largest absolute Gasteiger partial charge is 0.481 e. The zero-order valence-electron chi connectivity index (χ0n) is 28.6. The Kier molecular flexibility index (Phi) is 8.88. The minimum Gasteiger partial charge on any atom is -0.481 e. The predicted molar refractivity (Wildman–Crippen MR) is 170 cm³/mol. The summed E-state index contributed by atoms with van der Waals surface area (Å²) in [5, 5.41) is 84.2. The van der Waals surface area contributed by atoms with Crippen molar-refractivity contribution in [1.82, 2.24) is 0 Å². The van der Waals surface area contributed by atoms with Gasteiger partial charge in [0.2, 0.25) is 0 Å². The van der Waals surface area contributed by atoms with Crippen molar-refractivity contribution in [2.24, 2.45) is 50.2 Å². The van der Waals surface area contributed by atoms with Crippen LogP contribution in [0.1, 0.15) is 92.4 Å². The van der Waals surface area contributed by atoms with Gasteiger partial charge in [-0.15, -0.1) is 0 Å². The summed E-state index contributed by atoms with van der Waals surface area (Å²) >= 11 is 0. The summed E-state index contributed by atoms with van der Waals surface area (Å²) in [6.07, 6.45) is -0.608. The fraction of sp³-hybridized carbons (Fsp3) is 0.917. The minimum absolute atomic E-state index is 0.0364. The summed E-state index contributed by atoms with van der Waals surface area (Å²) in [4.78, 5) is 13.2. The molecule has 11 heteroatoms. The maximum atomic E-state index is 13.2. The Morgan fingerprint density at radius 1 is 0.894 bits per heavy atom. The van der Waals surface area contributed by atoms with Crippen molar-refractivity contribution in [3.63, 3.8) is 0 Å². The first kappa shape index (κ1) is 35.7. The van der Waals surface area contributed by atoms with Crippen LogP contribution >= 0.6 is 0 Å². The van der Waals surface area contributed by atoms with Crippen LogP contribution in [0.15, 0.2) is 11.6 Å². The SMILES string of the molecule is C[C@@]1(CO[C@@H]2O[C@H](CO)[C@@H](O)[C@H](O)[C@H]2O)CC[C@]2(C(=O)O)CC[C@]3(C)C(=CC[C@@H]4[C@@]5(C)C[C@@H](O)[C@H](O)[C@@](C)(CO)[C@H]5CC[C@]43C)[C@H]2C1. The van der Waals surface area contributed by atoms with Gasteiger partial charge in [-0.1, -0.05) is 46.3 Å². The number of rotatable bonds is 6. The molecule has 6 rings (SSSR count). The van der Waals surface area contributed by atoms with Gasteiger partial charge >= 0.3 is 5.97 Å². The van der Waals surface area contributed by atoms with Gasteiger partial charge in [0.15, 0.2) is 6.29 Å². The van der Waals surface area contributed by atoms with Crippen molar-refractivity contribution < 1.29 is 55.1 Å². The van der Waals surface area contributed by atoms with E-state index in [2.05, 4.69) is 33.8 Å². The third-order valence-corrected chi connectivity index (χ3v) is 15.5. The van der Waals surface area contributed by atoms with Crippen LogP contribution in [0.3, 0.4) is 0 Å². The van der Waals surface area contributed by atoms with Gasteiger partial charge in [-0.3, -0.25) is 4.79 Å². The zero-order chi connectivity index (χ0) is 34.5. The van der Waals surface area contributed by atoms with E-state index >= 15 is 0 Å². The van der Waals surface area contributed by atoms with Crippen LogP contribution in [0.4, 0.5) is 0 Å². The zero-order valence-corrected chi connectivity index (χ0v) is 28.6. The van der Waals surface area contributed by atoms with Crippen LogP contribution in [-0.2, 0) is 14.3 Å². The number of aliphatic hydroxyl groups is 7. The summed E-state index contributed by atoms with van der Waals surface area (Å²) in [6.45, 7) is 10.3. The lowest BCUT2D eigenvalue weighted by atomic mass is 9.33. The van der Waals surface area contributed by atoms with Crippen molar-refractivity contribution in [1.29, 1.82) is 0 Å². The van der Waals surface area contributed by atoms with E-state index in [-0.39, 0.29) is 47.2 Å². The molecular formula is C36H58O11. The van der Waals surface area contributed by atoms with Gasteiger partial charge < -0.3 is 50.3 Å². The number of aliphatic hydroxyl groups excluding tert-OH is 7. The molecule has 11 nitrogen and oxygen atoms in total. The molecule has 5 aliphatic carbocycles. The minimum atomic E-state index is -1.54. The molecule has 1 aliphatic heterocycles. The maximum absolute atomic E-state index is 13.2. The summed E-state index contributed by atoms with van der Waals surface area (Å²) in [7, 11) is 0. The van der Waals surface area contributed by atoms with Gasteiger partial charge in [0.25, 0.3) is 0 Å². The van der Waals surface area contributed by atoms with Crippen molar-refractivity contribution in [3.05, 3.63) is 11.6 Å². The number of ether oxygens (including phenoxy) is 2. The third-order valence-electron chi connectivity index (χ3n) is 15.5. The van der Waals surface area contributed by atoms with E-state index in [0.717, 1.165) is 25.7 Å². The predicted octanol–water partition coefficient (Wildman–Crippen LogP) is 1.97. The van der Waals surface area contributed by atoms with Crippen molar-refractivity contribution in [3.8, 4) is 0 Å². The Balaban J connectivity index is 1.31. The number of carboxylic acids is 1. The molecule has 0 aromatic heterocycles. The Morgan fingerprint density at radius 3 is 2.21 bits per heavy atom. The second-order valence-electron chi connectivity index (χ2n) is 17.7. The van der Waals surface area contributed by atoms with E-state index < -0.39 is 71.7 Å². The van der Waals surface area contributed by atoms with Crippen molar-refractivity contribution >= 4 is 5.97 Å². The number of carboxylic acid groups (broad SMARTS) is 1. The average molecular weight is 667 g/mol. The molecule has 0 radical (unpaired) electrons. The Bertz CT molecular complexity index is 1260. The van der Waals surface area contributed by atoms with E-state index in [1.807, 2.05) is 6.92 Å². The van der Waals surface area contributed by atoms with Crippen LogP contribution in [0, 0.1) is 50.2 Å². The highest BCUT2D eigenvalue weighted by Gasteiger charge is 2.70. The molecule has 268 valence electrons. The third kappa shape index (κ3) is 4.88. The maximum Gasteiger partial charge on any atom is 0.310 e. The molecule has 6 aliphatic rings. The van der Waals surface area contributed by atoms with Crippen molar-refractivity contribution in [2.45, 2.75) is 135 Å².